The normalized spacial score (nSPS) is 12.4. The maximum Gasteiger partial charge on any atom is 0.416 e. The molecule has 0 fully saturated rings. The number of fused-ring (bicyclic) bond motifs is 1. The third kappa shape index (κ3) is 3.86. The van der Waals surface area contributed by atoms with Crippen molar-refractivity contribution < 1.29 is 18.0 Å². The average molecular weight is 373 g/mol. The molecular weight excluding hydrogens is 355 g/mol. The molecule has 0 aliphatic heterocycles. The van der Waals surface area contributed by atoms with Crippen molar-refractivity contribution in [3.05, 3.63) is 59.4 Å². The van der Waals surface area contributed by atoms with Gasteiger partial charge in [-0.15, -0.1) is 0 Å². The summed E-state index contributed by atoms with van der Waals surface area (Å²) >= 11 is 0. The number of aromatic nitrogens is 2. The summed E-state index contributed by atoms with van der Waals surface area (Å²) in [7, 11) is 0. The minimum Gasteiger partial charge on any atom is -0.366 e. The molecule has 27 heavy (non-hydrogen) atoms. The molecule has 0 aliphatic carbocycles. The highest BCUT2D eigenvalue weighted by Crippen LogP contribution is 2.38. The molecule has 7 heteroatoms. The maximum absolute atomic E-state index is 13.5. The van der Waals surface area contributed by atoms with Crippen LogP contribution in [0.4, 0.5) is 13.2 Å². The van der Waals surface area contributed by atoms with E-state index in [1.807, 2.05) is 0 Å². The third-order valence-corrected chi connectivity index (χ3v) is 4.30. The molecule has 0 atom stereocenters. The number of amides is 1. The number of rotatable bonds is 4. The van der Waals surface area contributed by atoms with Gasteiger partial charge in [0.1, 0.15) is 5.65 Å². The number of carbonyl (C=O) groups is 1. The maximum atomic E-state index is 13.5. The minimum atomic E-state index is -4.43. The number of primary amides is 1. The summed E-state index contributed by atoms with van der Waals surface area (Å²) < 4.78 is 40.4. The smallest absolute Gasteiger partial charge is 0.366 e. The van der Waals surface area contributed by atoms with E-state index in [0.717, 1.165) is 6.07 Å². The number of H-pyrrole nitrogens is 1. The predicted octanol–water partition coefficient (Wildman–Crippen LogP) is 4.87. The first-order valence-electron chi connectivity index (χ1n) is 8.33. The van der Waals surface area contributed by atoms with Crippen LogP contribution in [0.2, 0.25) is 0 Å². The fourth-order valence-corrected chi connectivity index (χ4v) is 2.98. The molecular formula is C20H18F3N3O. The number of carbonyl (C=O) groups excluding carboxylic acids is 1. The molecule has 4 nitrogen and oxygen atoms in total. The topological polar surface area (TPSA) is 71.8 Å². The van der Waals surface area contributed by atoms with Crippen LogP contribution in [0.15, 0.2) is 42.7 Å². The molecule has 3 rings (SSSR count). The Labute approximate surface area is 153 Å². The second-order valence-corrected chi connectivity index (χ2v) is 6.55. The van der Waals surface area contributed by atoms with E-state index in [9.17, 15) is 18.0 Å². The Hall–Kier alpha value is -3.09. The molecule has 0 aliphatic rings. The van der Waals surface area contributed by atoms with E-state index in [0.29, 0.717) is 27.7 Å². The molecule has 3 N–H and O–H groups in total. The highest BCUT2D eigenvalue weighted by molar-refractivity contribution is 5.95. The van der Waals surface area contributed by atoms with Gasteiger partial charge in [0.05, 0.1) is 5.56 Å². The Bertz CT molecular complexity index is 1030. The second kappa shape index (κ2) is 6.90. The molecule has 1 aromatic carbocycles. The van der Waals surface area contributed by atoms with Crippen molar-refractivity contribution in [3.63, 3.8) is 0 Å². The molecule has 0 saturated heterocycles. The molecule has 0 unspecified atom stereocenters. The minimum absolute atomic E-state index is 0.244. The number of nitrogens with zero attached hydrogens (tertiary/aromatic N) is 1. The van der Waals surface area contributed by atoms with E-state index in [1.165, 1.54) is 24.4 Å². The molecule has 3 aromatic rings. The Morgan fingerprint density at radius 2 is 1.96 bits per heavy atom. The Kier molecular flexibility index (Phi) is 4.78. The Morgan fingerprint density at radius 1 is 1.22 bits per heavy atom. The average Bonchev–Trinajstić information content (AvgIpc) is 3.00. The van der Waals surface area contributed by atoms with Crippen molar-refractivity contribution in [2.24, 2.45) is 5.73 Å². The van der Waals surface area contributed by atoms with Crippen LogP contribution >= 0.6 is 0 Å². The summed E-state index contributed by atoms with van der Waals surface area (Å²) in [6.07, 6.45) is 1.50. The standard InChI is InChI=1S/C20H18F3N3O/c1-11(2)15-5-3-12(8-17(15)20(21,22)23)14-7-16-13(4-6-18(24)27)9-25-19(16)26-10-14/h3-11H,1-2H3,(H2,24,27)(H,25,26)/b6-4+. The van der Waals surface area contributed by atoms with E-state index in [1.54, 1.807) is 32.2 Å². The number of aromatic amines is 1. The van der Waals surface area contributed by atoms with Crippen LogP contribution in [0.1, 0.15) is 36.5 Å². The van der Waals surface area contributed by atoms with Crippen molar-refractivity contribution in [2.45, 2.75) is 25.9 Å². The fraction of sp³-hybridized carbons (Fsp3) is 0.200. The number of pyridine rings is 1. The van der Waals surface area contributed by atoms with Gasteiger partial charge in [0.25, 0.3) is 0 Å². The number of hydrogen-bond acceptors (Lipinski definition) is 2. The van der Waals surface area contributed by atoms with Crippen LogP contribution in [0.25, 0.3) is 28.2 Å². The lowest BCUT2D eigenvalue weighted by Crippen LogP contribution is -2.10. The lowest BCUT2D eigenvalue weighted by Gasteiger charge is -2.17. The highest BCUT2D eigenvalue weighted by Gasteiger charge is 2.34. The lowest BCUT2D eigenvalue weighted by atomic mass is 9.93. The third-order valence-electron chi connectivity index (χ3n) is 4.30. The van der Waals surface area contributed by atoms with Gasteiger partial charge in [0.15, 0.2) is 0 Å². The summed E-state index contributed by atoms with van der Waals surface area (Å²) in [4.78, 5) is 18.2. The molecule has 0 bridgehead atoms. The predicted molar refractivity (Wildman–Crippen MR) is 98.8 cm³/mol. The van der Waals surface area contributed by atoms with Crippen molar-refractivity contribution in [2.75, 3.05) is 0 Å². The second-order valence-electron chi connectivity index (χ2n) is 6.55. The molecule has 0 saturated carbocycles. The fourth-order valence-electron chi connectivity index (χ4n) is 2.98. The molecule has 2 heterocycles. The van der Waals surface area contributed by atoms with Crippen molar-refractivity contribution >= 4 is 23.0 Å². The zero-order valence-corrected chi connectivity index (χ0v) is 14.8. The zero-order valence-electron chi connectivity index (χ0n) is 14.8. The number of nitrogens with one attached hydrogen (secondary N) is 1. The van der Waals surface area contributed by atoms with E-state index >= 15 is 0 Å². The number of nitrogens with two attached hydrogens (primary N) is 1. The molecule has 1 amide bonds. The van der Waals surface area contributed by atoms with Crippen molar-refractivity contribution in [3.8, 4) is 11.1 Å². The Morgan fingerprint density at radius 3 is 2.59 bits per heavy atom. The van der Waals surface area contributed by atoms with Crippen molar-refractivity contribution in [1.82, 2.24) is 9.97 Å². The van der Waals surface area contributed by atoms with Gasteiger partial charge < -0.3 is 10.7 Å². The monoisotopic (exact) mass is 373 g/mol. The number of benzene rings is 1. The number of halogens is 3. The number of hydrogen-bond donors (Lipinski definition) is 2. The highest BCUT2D eigenvalue weighted by atomic mass is 19.4. The quantitative estimate of drug-likeness (QED) is 0.641. The van der Waals surface area contributed by atoms with Crippen LogP contribution in [0.3, 0.4) is 0 Å². The summed E-state index contributed by atoms with van der Waals surface area (Å²) in [5, 5.41) is 0.687. The molecule has 140 valence electrons. The number of alkyl halides is 3. The zero-order chi connectivity index (χ0) is 19.8. The van der Waals surface area contributed by atoms with Gasteiger partial charge in [-0.1, -0.05) is 26.0 Å². The van der Waals surface area contributed by atoms with Gasteiger partial charge in [-0.05, 0) is 35.3 Å². The van der Waals surface area contributed by atoms with Gasteiger partial charge in [-0.3, -0.25) is 4.79 Å². The first kappa shape index (κ1) is 18.7. The summed E-state index contributed by atoms with van der Waals surface area (Å²) in [6, 6.07) is 6.07. The SMILES string of the molecule is CC(C)c1ccc(-c2cnc3[nH]cc(/C=C/C(N)=O)c3c2)cc1C(F)(F)F. The van der Waals surface area contributed by atoms with E-state index in [2.05, 4.69) is 9.97 Å². The van der Waals surface area contributed by atoms with Gasteiger partial charge in [0, 0.05) is 35.0 Å². The van der Waals surface area contributed by atoms with Gasteiger partial charge in [0.2, 0.25) is 5.91 Å². The van der Waals surface area contributed by atoms with Crippen LogP contribution in [0.5, 0.6) is 0 Å². The Balaban J connectivity index is 2.12. The van der Waals surface area contributed by atoms with E-state index < -0.39 is 17.6 Å². The molecule has 0 spiro atoms. The lowest BCUT2D eigenvalue weighted by molar-refractivity contribution is -0.138. The summed E-state index contributed by atoms with van der Waals surface area (Å²) in [5.74, 6) is -0.834. The summed E-state index contributed by atoms with van der Waals surface area (Å²) in [5.41, 5.74) is 6.94. The largest absolute Gasteiger partial charge is 0.416 e. The first-order valence-corrected chi connectivity index (χ1v) is 8.33. The molecule has 0 radical (unpaired) electrons. The van der Waals surface area contributed by atoms with Crippen molar-refractivity contribution in [1.29, 1.82) is 0 Å². The van der Waals surface area contributed by atoms with E-state index in [-0.39, 0.29) is 11.5 Å². The van der Waals surface area contributed by atoms with Crippen LogP contribution < -0.4 is 5.73 Å². The van der Waals surface area contributed by atoms with Gasteiger partial charge in [-0.25, -0.2) is 4.98 Å². The van der Waals surface area contributed by atoms with Crippen LogP contribution in [-0.4, -0.2) is 15.9 Å². The van der Waals surface area contributed by atoms with Crippen LogP contribution in [0, 0.1) is 0 Å². The van der Waals surface area contributed by atoms with Gasteiger partial charge >= 0.3 is 6.18 Å². The summed E-state index contributed by atoms with van der Waals surface area (Å²) in [6.45, 7) is 3.46. The van der Waals surface area contributed by atoms with Crippen LogP contribution in [-0.2, 0) is 11.0 Å². The van der Waals surface area contributed by atoms with E-state index in [4.69, 9.17) is 5.73 Å². The molecule has 2 aromatic heterocycles. The van der Waals surface area contributed by atoms with Gasteiger partial charge in [-0.2, -0.15) is 13.2 Å². The first-order chi connectivity index (χ1) is 12.7.